The quantitative estimate of drug-likeness (QED) is 0.653. The van der Waals surface area contributed by atoms with E-state index in [0.29, 0.717) is 6.42 Å². The van der Waals surface area contributed by atoms with Crippen molar-refractivity contribution in [2.75, 3.05) is 19.6 Å². The lowest BCUT2D eigenvalue weighted by molar-refractivity contribution is -0.123. The summed E-state index contributed by atoms with van der Waals surface area (Å²) in [4.78, 5) is 38.2. The van der Waals surface area contributed by atoms with Crippen LogP contribution < -0.4 is 16.0 Å². The summed E-state index contributed by atoms with van der Waals surface area (Å²) >= 11 is 0. The van der Waals surface area contributed by atoms with Crippen LogP contribution in [0, 0.1) is 0 Å². The third kappa shape index (κ3) is 7.49. The molecule has 4 amide bonds. The van der Waals surface area contributed by atoms with E-state index in [4.69, 9.17) is 0 Å². The van der Waals surface area contributed by atoms with Gasteiger partial charge in [-0.3, -0.25) is 19.8 Å². The standard InChI is InChI=1S/C22H32N4O3/c27-20(11-10-17-6-2-1-3-7-17)23-19-12-14-26(15-13-19)16-21(28)25-22(29)24-18-8-4-5-9-18/h1-3,6-7,18-19H,4-5,8-16H2,(H,23,27)(H2,24,25,28,29). The van der Waals surface area contributed by atoms with Crippen molar-refractivity contribution in [3.63, 3.8) is 0 Å². The predicted octanol–water partition coefficient (Wildman–Crippen LogP) is 1.97. The van der Waals surface area contributed by atoms with Crippen LogP contribution in [0.5, 0.6) is 0 Å². The third-order valence-corrected chi connectivity index (χ3v) is 5.75. The Kier molecular flexibility index (Phi) is 8.04. The fraction of sp³-hybridized carbons (Fsp3) is 0.591. The number of hydrogen-bond donors (Lipinski definition) is 3. The molecule has 7 heteroatoms. The first-order chi connectivity index (χ1) is 14.1. The fourth-order valence-electron chi connectivity index (χ4n) is 4.10. The zero-order valence-electron chi connectivity index (χ0n) is 17.0. The average molecular weight is 401 g/mol. The molecule has 7 nitrogen and oxygen atoms in total. The van der Waals surface area contributed by atoms with Gasteiger partial charge in [0.25, 0.3) is 0 Å². The van der Waals surface area contributed by atoms with Gasteiger partial charge in [-0.25, -0.2) is 4.79 Å². The number of carbonyl (C=O) groups excluding carboxylic acids is 3. The maximum atomic E-state index is 12.2. The summed E-state index contributed by atoms with van der Waals surface area (Å²) in [6, 6.07) is 9.97. The summed E-state index contributed by atoms with van der Waals surface area (Å²) < 4.78 is 0. The van der Waals surface area contributed by atoms with Gasteiger partial charge >= 0.3 is 6.03 Å². The number of benzene rings is 1. The second-order valence-corrected chi connectivity index (χ2v) is 8.11. The van der Waals surface area contributed by atoms with Crippen LogP contribution in [0.4, 0.5) is 4.79 Å². The van der Waals surface area contributed by atoms with Gasteiger partial charge in [0.05, 0.1) is 6.54 Å². The summed E-state index contributed by atoms with van der Waals surface area (Å²) in [5.41, 5.74) is 1.17. The molecule has 1 aromatic carbocycles. The van der Waals surface area contributed by atoms with Crippen LogP contribution in [0.1, 0.15) is 50.5 Å². The number of urea groups is 1. The number of likely N-dealkylation sites (tertiary alicyclic amines) is 1. The van der Waals surface area contributed by atoms with Crippen LogP contribution in [0.25, 0.3) is 0 Å². The van der Waals surface area contributed by atoms with Crippen molar-refractivity contribution < 1.29 is 14.4 Å². The number of nitrogens with zero attached hydrogens (tertiary/aromatic N) is 1. The van der Waals surface area contributed by atoms with Crippen molar-refractivity contribution >= 4 is 17.8 Å². The van der Waals surface area contributed by atoms with Gasteiger partial charge < -0.3 is 10.6 Å². The van der Waals surface area contributed by atoms with Crippen LogP contribution in [0.3, 0.4) is 0 Å². The summed E-state index contributed by atoms with van der Waals surface area (Å²) in [5, 5.41) is 8.40. The summed E-state index contributed by atoms with van der Waals surface area (Å²) in [6.07, 6.45) is 7.13. The van der Waals surface area contributed by atoms with E-state index in [0.717, 1.165) is 58.0 Å². The molecule has 0 radical (unpaired) electrons. The molecular weight excluding hydrogens is 368 g/mol. The van der Waals surface area contributed by atoms with Gasteiger partial charge in [-0.05, 0) is 37.7 Å². The van der Waals surface area contributed by atoms with Gasteiger partial charge in [0.1, 0.15) is 0 Å². The molecule has 3 rings (SSSR count). The molecule has 1 aliphatic carbocycles. The van der Waals surface area contributed by atoms with Crippen molar-refractivity contribution in [2.45, 2.75) is 63.5 Å². The van der Waals surface area contributed by atoms with Crippen LogP contribution in [0.15, 0.2) is 30.3 Å². The number of piperidine rings is 1. The predicted molar refractivity (Wildman–Crippen MR) is 111 cm³/mol. The minimum Gasteiger partial charge on any atom is -0.353 e. The SMILES string of the molecule is O=C(CN1CCC(NC(=O)CCc2ccccc2)CC1)NC(=O)NC1CCCC1. The molecule has 0 atom stereocenters. The molecule has 1 heterocycles. The van der Waals surface area contributed by atoms with Crippen LogP contribution in [-0.4, -0.2) is 54.5 Å². The first kappa shape index (κ1) is 21.3. The first-order valence-corrected chi connectivity index (χ1v) is 10.7. The number of rotatable bonds is 7. The van der Waals surface area contributed by atoms with Crippen molar-refractivity contribution in [1.29, 1.82) is 0 Å². The van der Waals surface area contributed by atoms with Gasteiger partial charge in [0.15, 0.2) is 0 Å². The minimum absolute atomic E-state index is 0.0774. The highest BCUT2D eigenvalue weighted by molar-refractivity contribution is 5.95. The Morgan fingerprint density at radius 1 is 0.862 bits per heavy atom. The number of carbonyl (C=O) groups is 3. The Hall–Kier alpha value is -2.41. The monoisotopic (exact) mass is 400 g/mol. The molecule has 0 unspecified atom stereocenters. The van der Waals surface area contributed by atoms with E-state index in [1.807, 2.05) is 35.2 Å². The Morgan fingerprint density at radius 2 is 1.52 bits per heavy atom. The Labute approximate surface area is 172 Å². The molecule has 1 aliphatic heterocycles. The molecule has 3 N–H and O–H groups in total. The zero-order valence-corrected chi connectivity index (χ0v) is 17.0. The number of imide groups is 1. The van der Waals surface area contributed by atoms with Crippen LogP contribution in [-0.2, 0) is 16.0 Å². The lowest BCUT2D eigenvalue weighted by Crippen LogP contribution is -2.50. The van der Waals surface area contributed by atoms with Crippen LogP contribution in [0.2, 0.25) is 0 Å². The molecule has 2 aliphatic rings. The van der Waals surface area contributed by atoms with Crippen molar-refractivity contribution in [3.05, 3.63) is 35.9 Å². The minimum atomic E-state index is -0.387. The molecular formula is C22H32N4O3. The fourth-order valence-corrected chi connectivity index (χ4v) is 4.10. The maximum absolute atomic E-state index is 12.2. The molecule has 2 fully saturated rings. The van der Waals surface area contributed by atoms with E-state index >= 15 is 0 Å². The van der Waals surface area contributed by atoms with Gasteiger partial charge in [-0.15, -0.1) is 0 Å². The summed E-state index contributed by atoms with van der Waals surface area (Å²) in [7, 11) is 0. The van der Waals surface area contributed by atoms with E-state index in [1.165, 1.54) is 5.56 Å². The smallest absolute Gasteiger partial charge is 0.321 e. The molecule has 0 spiro atoms. The number of nitrogens with one attached hydrogen (secondary N) is 3. The number of amides is 4. The van der Waals surface area contributed by atoms with Crippen LogP contribution >= 0.6 is 0 Å². The topological polar surface area (TPSA) is 90.5 Å². The van der Waals surface area contributed by atoms with Crippen molar-refractivity contribution in [2.24, 2.45) is 0 Å². The molecule has 1 aromatic rings. The van der Waals surface area contributed by atoms with E-state index in [-0.39, 0.29) is 36.5 Å². The Balaban J connectivity index is 1.29. The first-order valence-electron chi connectivity index (χ1n) is 10.7. The Morgan fingerprint density at radius 3 is 2.21 bits per heavy atom. The normalized spacial score (nSPS) is 18.3. The molecule has 0 aromatic heterocycles. The lowest BCUT2D eigenvalue weighted by Gasteiger charge is -2.31. The zero-order chi connectivity index (χ0) is 20.5. The molecule has 1 saturated heterocycles. The summed E-state index contributed by atoms with van der Waals surface area (Å²) in [6.45, 7) is 1.69. The maximum Gasteiger partial charge on any atom is 0.321 e. The molecule has 0 bridgehead atoms. The van der Waals surface area contributed by atoms with E-state index in [9.17, 15) is 14.4 Å². The highest BCUT2D eigenvalue weighted by Gasteiger charge is 2.23. The van der Waals surface area contributed by atoms with Gasteiger partial charge in [0.2, 0.25) is 11.8 Å². The van der Waals surface area contributed by atoms with Crippen molar-refractivity contribution in [1.82, 2.24) is 20.9 Å². The van der Waals surface area contributed by atoms with Crippen molar-refractivity contribution in [3.8, 4) is 0 Å². The molecule has 1 saturated carbocycles. The largest absolute Gasteiger partial charge is 0.353 e. The third-order valence-electron chi connectivity index (χ3n) is 5.75. The van der Waals surface area contributed by atoms with Gasteiger partial charge in [-0.2, -0.15) is 0 Å². The van der Waals surface area contributed by atoms with E-state index in [2.05, 4.69) is 16.0 Å². The van der Waals surface area contributed by atoms with E-state index in [1.54, 1.807) is 0 Å². The number of aryl methyl sites for hydroxylation is 1. The Bertz CT molecular complexity index is 681. The lowest BCUT2D eigenvalue weighted by atomic mass is 10.0. The highest BCUT2D eigenvalue weighted by Crippen LogP contribution is 2.17. The van der Waals surface area contributed by atoms with Gasteiger partial charge in [-0.1, -0.05) is 43.2 Å². The highest BCUT2D eigenvalue weighted by atomic mass is 16.2. The van der Waals surface area contributed by atoms with E-state index < -0.39 is 0 Å². The summed E-state index contributed by atoms with van der Waals surface area (Å²) in [5.74, 6) is -0.195. The van der Waals surface area contributed by atoms with Gasteiger partial charge in [0, 0.05) is 31.6 Å². The number of hydrogen-bond acceptors (Lipinski definition) is 4. The second-order valence-electron chi connectivity index (χ2n) is 8.11. The average Bonchev–Trinajstić information content (AvgIpc) is 3.21. The molecule has 29 heavy (non-hydrogen) atoms. The molecule has 158 valence electrons. The second kappa shape index (κ2) is 11.0.